The summed E-state index contributed by atoms with van der Waals surface area (Å²) in [5, 5.41) is 28.0. The van der Waals surface area contributed by atoms with Gasteiger partial charge in [-0.15, -0.1) is 0 Å². The highest BCUT2D eigenvalue weighted by atomic mass is 16.4. The van der Waals surface area contributed by atoms with E-state index in [9.17, 15) is 19.8 Å². The first kappa shape index (κ1) is 32.7. The number of nitrogens with one attached hydrogen (secondary N) is 2. The number of fused-ring (bicyclic) bond motifs is 3. The number of hydrogen-bond acceptors (Lipinski definition) is 6. The molecule has 0 fully saturated rings. The molecule has 0 unspecified atom stereocenters. The van der Waals surface area contributed by atoms with Crippen molar-refractivity contribution in [1.29, 1.82) is 0 Å². The van der Waals surface area contributed by atoms with E-state index in [4.69, 9.17) is 9.97 Å². The van der Waals surface area contributed by atoms with Crippen LogP contribution in [0.5, 0.6) is 0 Å². The standard InChI is InChI=1S/C38H42N4O4/c1-5-23(3)33(37(43)44)39-21-27-11-7-9-13-29(27)31-19-17-25-15-16-26-18-20-32(42-36(26)35(25)41-31)30-14-10-8-12-28(30)22-40-34(38(45)46)24(4)6-2/h7-20,23-24,33-34,39-40H,5-6,21-22H2,1-4H3,(H,43,44)(H,45,46)/t23-,24-,33-,34-/m0/s1. The average Bonchev–Trinajstić information content (AvgIpc) is 3.07. The summed E-state index contributed by atoms with van der Waals surface area (Å²) < 4.78 is 0. The highest BCUT2D eigenvalue weighted by Crippen LogP contribution is 2.31. The summed E-state index contributed by atoms with van der Waals surface area (Å²) in [6.45, 7) is 8.70. The number of aromatic nitrogens is 2. The van der Waals surface area contributed by atoms with E-state index >= 15 is 0 Å². The van der Waals surface area contributed by atoms with Crippen molar-refractivity contribution in [2.45, 2.75) is 65.7 Å². The van der Waals surface area contributed by atoms with Crippen LogP contribution in [0.1, 0.15) is 51.7 Å². The van der Waals surface area contributed by atoms with Crippen LogP contribution in [0.4, 0.5) is 0 Å². The smallest absolute Gasteiger partial charge is 0.320 e. The van der Waals surface area contributed by atoms with Gasteiger partial charge in [-0.3, -0.25) is 9.59 Å². The topological polar surface area (TPSA) is 124 Å². The zero-order chi connectivity index (χ0) is 32.8. The Morgan fingerprint density at radius 1 is 0.609 bits per heavy atom. The fourth-order valence-electron chi connectivity index (χ4n) is 5.89. The average molecular weight is 619 g/mol. The number of carboxylic acid groups (broad SMARTS) is 2. The molecule has 4 atom stereocenters. The van der Waals surface area contributed by atoms with Crippen LogP contribution in [0.2, 0.25) is 0 Å². The second-order valence-electron chi connectivity index (χ2n) is 12.1. The van der Waals surface area contributed by atoms with Crippen molar-refractivity contribution in [3.8, 4) is 22.5 Å². The Labute approximate surface area is 269 Å². The molecule has 0 saturated heterocycles. The maximum Gasteiger partial charge on any atom is 0.320 e. The molecule has 8 heteroatoms. The third kappa shape index (κ3) is 7.09. The van der Waals surface area contributed by atoms with Crippen molar-refractivity contribution in [2.75, 3.05) is 0 Å². The van der Waals surface area contributed by atoms with Crippen LogP contribution < -0.4 is 10.6 Å². The normalized spacial score (nSPS) is 14.2. The van der Waals surface area contributed by atoms with Gasteiger partial charge in [-0.25, -0.2) is 9.97 Å². The third-order valence-electron chi connectivity index (χ3n) is 9.09. The molecule has 2 aromatic heterocycles. The zero-order valence-electron chi connectivity index (χ0n) is 26.8. The zero-order valence-corrected chi connectivity index (χ0v) is 26.8. The molecule has 0 spiro atoms. The lowest BCUT2D eigenvalue weighted by Gasteiger charge is -2.21. The summed E-state index contributed by atoms with van der Waals surface area (Å²) in [5.41, 5.74) is 6.94. The highest BCUT2D eigenvalue weighted by Gasteiger charge is 2.24. The van der Waals surface area contributed by atoms with E-state index in [-0.39, 0.29) is 11.8 Å². The minimum Gasteiger partial charge on any atom is -0.480 e. The Kier molecular flexibility index (Phi) is 10.4. The van der Waals surface area contributed by atoms with Gasteiger partial charge in [-0.05, 0) is 35.1 Å². The number of carbonyl (C=O) groups is 2. The molecule has 0 aliphatic carbocycles. The van der Waals surface area contributed by atoms with Crippen LogP contribution in [-0.4, -0.2) is 44.2 Å². The molecule has 3 aromatic carbocycles. The summed E-state index contributed by atoms with van der Waals surface area (Å²) in [6.07, 6.45) is 1.53. The summed E-state index contributed by atoms with van der Waals surface area (Å²) >= 11 is 0. The van der Waals surface area contributed by atoms with Crippen LogP contribution in [0, 0.1) is 11.8 Å². The summed E-state index contributed by atoms with van der Waals surface area (Å²) in [7, 11) is 0. The van der Waals surface area contributed by atoms with Crippen molar-refractivity contribution >= 4 is 33.7 Å². The van der Waals surface area contributed by atoms with Crippen molar-refractivity contribution < 1.29 is 19.8 Å². The number of carboxylic acids is 2. The molecule has 0 bridgehead atoms. The Bertz CT molecular complexity index is 1720. The highest BCUT2D eigenvalue weighted by molar-refractivity contribution is 6.04. The summed E-state index contributed by atoms with van der Waals surface area (Å²) in [6, 6.07) is 26.8. The van der Waals surface area contributed by atoms with E-state index in [1.54, 1.807) is 0 Å². The van der Waals surface area contributed by atoms with Gasteiger partial charge in [-0.1, -0.05) is 113 Å². The van der Waals surface area contributed by atoms with Crippen LogP contribution in [0.25, 0.3) is 44.3 Å². The van der Waals surface area contributed by atoms with Gasteiger partial charge >= 0.3 is 11.9 Å². The molecule has 0 aliphatic rings. The van der Waals surface area contributed by atoms with Gasteiger partial charge in [0.25, 0.3) is 0 Å². The minimum absolute atomic E-state index is 0.00509. The van der Waals surface area contributed by atoms with Gasteiger partial charge in [0.15, 0.2) is 0 Å². The molecule has 5 rings (SSSR count). The molecular weight excluding hydrogens is 576 g/mol. The van der Waals surface area contributed by atoms with E-state index in [0.717, 1.165) is 68.3 Å². The second kappa shape index (κ2) is 14.6. The van der Waals surface area contributed by atoms with Crippen molar-refractivity contribution in [1.82, 2.24) is 20.6 Å². The van der Waals surface area contributed by atoms with Gasteiger partial charge in [0, 0.05) is 35.0 Å². The lowest BCUT2D eigenvalue weighted by Crippen LogP contribution is -2.41. The maximum atomic E-state index is 11.9. The Balaban J connectivity index is 1.51. The fourth-order valence-corrected chi connectivity index (χ4v) is 5.89. The SMILES string of the molecule is CC[C@H](C)[C@H](NCc1ccccc1-c1ccc2ccc3ccc(-c4ccccc4CN[C@H](C(=O)O)[C@@H](C)CC)nc3c2n1)C(=O)O. The molecule has 2 heterocycles. The molecule has 4 N–H and O–H groups in total. The summed E-state index contributed by atoms with van der Waals surface area (Å²) in [4.78, 5) is 34.1. The van der Waals surface area contributed by atoms with Gasteiger partial charge < -0.3 is 20.8 Å². The monoisotopic (exact) mass is 618 g/mol. The number of nitrogens with zero attached hydrogens (tertiary/aromatic N) is 2. The first-order valence-corrected chi connectivity index (χ1v) is 16.0. The van der Waals surface area contributed by atoms with Gasteiger partial charge in [0.1, 0.15) is 12.1 Å². The first-order valence-electron chi connectivity index (χ1n) is 16.0. The Morgan fingerprint density at radius 3 is 1.35 bits per heavy atom. The summed E-state index contributed by atoms with van der Waals surface area (Å²) in [5.74, 6) is -1.71. The Morgan fingerprint density at radius 2 is 0.978 bits per heavy atom. The fraction of sp³-hybridized carbons (Fsp3) is 0.316. The maximum absolute atomic E-state index is 11.9. The molecule has 0 amide bonds. The molecule has 8 nitrogen and oxygen atoms in total. The molecule has 46 heavy (non-hydrogen) atoms. The van der Waals surface area contributed by atoms with Crippen molar-refractivity contribution in [2.24, 2.45) is 11.8 Å². The molecule has 0 saturated carbocycles. The second-order valence-corrected chi connectivity index (χ2v) is 12.1. The molecule has 0 aliphatic heterocycles. The van der Waals surface area contributed by atoms with Crippen molar-refractivity contribution in [3.05, 3.63) is 96.1 Å². The van der Waals surface area contributed by atoms with E-state index in [1.165, 1.54) is 0 Å². The van der Waals surface area contributed by atoms with Crippen molar-refractivity contribution in [3.63, 3.8) is 0 Å². The number of pyridine rings is 2. The Hall–Kier alpha value is -4.66. The quantitative estimate of drug-likeness (QED) is 0.0957. The van der Waals surface area contributed by atoms with E-state index in [2.05, 4.69) is 10.6 Å². The van der Waals surface area contributed by atoms with Crippen LogP contribution in [-0.2, 0) is 22.7 Å². The molecule has 238 valence electrons. The van der Waals surface area contributed by atoms with Crippen LogP contribution in [0.3, 0.4) is 0 Å². The first-order chi connectivity index (χ1) is 22.2. The largest absolute Gasteiger partial charge is 0.480 e. The van der Waals surface area contributed by atoms with Gasteiger partial charge in [0.2, 0.25) is 0 Å². The molecule has 0 radical (unpaired) electrons. The lowest BCUT2D eigenvalue weighted by molar-refractivity contribution is -0.141. The van der Waals surface area contributed by atoms with Gasteiger partial charge in [-0.2, -0.15) is 0 Å². The third-order valence-corrected chi connectivity index (χ3v) is 9.09. The van der Waals surface area contributed by atoms with E-state index in [0.29, 0.717) is 13.1 Å². The van der Waals surface area contributed by atoms with Crippen LogP contribution in [0.15, 0.2) is 84.9 Å². The molecular formula is C38H42N4O4. The number of rotatable bonds is 14. The predicted molar refractivity (Wildman–Crippen MR) is 183 cm³/mol. The number of benzene rings is 3. The van der Waals surface area contributed by atoms with Gasteiger partial charge in [0.05, 0.1) is 22.4 Å². The minimum atomic E-state index is -0.849. The van der Waals surface area contributed by atoms with E-state index < -0.39 is 24.0 Å². The predicted octanol–water partition coefficient (Wildman–Crippen LogP) is 7.29. The number of aliphatic carboxylic acids is 2. The lowest BCUT2D eigenvalue weighted by atomic mass is 9.97. The van der Waals surface area contributed by atoms with Crippen LogP contribution >= 0.6 is 0 Å². The number of hydrogen-bond donors (Lipinski definition) is 4. The van der Waals surface area contributed by atoms with E-state index in [1.807, 2.05) is 113 Å². The molecule has 5 aromatic rings.